The molecule has 0 unspecified atom stereocenters. The second-order valence-corrected chi connectivity index (χ2v) is 12.5. The van der Waals surface area contributed by atoms with Gasteiger partial charge >= 0.3 is 0 Å². The van der Waals surface area contributed by atoms with E-state index in [-0.39, 0.29) is 11.8 Å². The maximum absolute atomic E-state index is 12.5. The van der Waals surface area contributed by atoms with Gasteiger partial charge < -0.3 is 10.6 Å². The van der Waals surface area contributed by atoms with E-state index in [1.165, 1.54) is 4.90 Å². The first-order valence-corrected chi connectivity index (χ1v) is 13.8. The van der Waals surface area contributed by atoms with E-state index in [1.807, 2.05) is 96.1 Å². The van der Waals surface area contributed by atoms with Crippen molar-refractivity contribution in [3.8, 4) is 0 Å². The zero-order valence-electron chi connectivity index (χ0n) is 23.2. The number of anilines is 2. The van der Waals surface area contributed by atoms with Crippen LogP contribution in [0.3, 0.4) is 0 Å². The maximum atomic E-state index is 12.5. The molecule has 0 aliphatic carbocycles. The molecule has 7 nitrogen and oxygen atoms in total. The molecule has 8 heteroatoms. The van der Waals surface area contributed by atoms with E-state index in [2.05, 4.69) is 27.7 Å². The Hall–Kier alpha value is -3.23. The number of benzene rings is 1. The van der Waals surface area contributed by atoms with Crippen molar-refractivity contribution in [3.63, 3.8) is 0 Å². The summed E-state index contributed by atoms with van der Waals surface area (Å²) in [6, 6.07) is 21.7. The largest absolute Gasteiger partial charge is 0.310 e. The molecule has 0 spiro atoms. The molecule has 2 heterocycles. The van der Waals surface area contributed by atoms with Crippen molar-refractivity contribution < 1.29 is 9.59 Å². The molecule has 2 aromatic heterocycles. The zero-order valence-corrected chi connectivity index (χ0v) is 24.1. The number of nitrogens with zero attached hydrogens (tertiary/aromatic N) is 3. The summed E-state index contributed by atoms with van der Waals surface area (Å²) in [5, 5.41) is 5.84. The summed E-state index contributed by atoms with van der Waals surface area (Å²) < 4.78 is 0. The van der Waals surface area contributed by atoms with Gasteiger partial charge in [-0.1, -0.05) is 71.9 Å². The third kappa shape index (κ3) is 9.58. The summed E-state index contributed by atoms with van der Waals surface area (Å²) >= 11 is 1.80. The van der Waals surface area contributed by atoms with Gasteiger partial charge in [-0.2, -0.15) is 0 Å². The quantitative estimate of drug-likeness (QED) is 0.300. The lowest BCUT2D eigenvalue weighted by Crippen LogP contribution is -2.29. The fourth-order valence-corrected chi connectivity index (χ4v) is 4.30. The molecule has 38 heavy (non-hydrogen) atoms. The van der Waals surface area contributed by atoms with Gasteiger partial charge in [0, 0.05) is 41.1 Å². The lowest BCUT2D eigenvalue weighted by Gasteiger charge is -2.23. The molecule has 1 aromatic carbocycles. The number of amides is 2. The maximum Gasteiger partial charge on any atom is 0.230 e. The Bertz CT molecular complexity index is 1150. The fraction of sp³-hybridized carbons (Fsp3) is 0.400. The Balaban J connectivity index is 1.74. The van der Waals surface area contributed by atoms with Crippen molar-refractivity contribution in [1.82, 2.24) is 14.9 Å². The molecular formula is C30H39N5O2S. The molecule has 3 aromatic rings. The van der Waals surface area contributed by atoms with E-state index >= 15 is 0 Å². The van der Waals surface area contributed by atoms with Crippen molar-refractivity contribution in [3.05, 3.63) is 78.1 Å². The molecule has 0 bridgehead atoms. The average Bonchev–Trinajstić information content (AvgIpc) is 2.84. The van der Waals surface area contributed by atoms with Crippen molar-refractivity contribution in [1.29, 1.82) is 0 Å². The van der Waals surface area contributed by atoms with Crippen molar-refractivity contribution in [2.24, 2.45) is 10.8 Å². The van der Waals surface area contributed by atoms with Crippen LogP contribution >= 0.6 is 11.8 Å². The summed E-state index contributed by atoms with van der Waals surface area (Å²) in [5.41, 5.74) is 0.715. The van der Waals surface area contributed by atoms with Gasteiger partial charge in [-0.25, -0.2) is 9.97 Å². The average molecular weight is 534 g/mol. The summed E-state index contributed by atoms with van der Waals surface area (Å²) in [6.07, 6.45) is 0. The molecule has 0 saturated carbocycles. The monoisotopic (exact) mass is 533 g/mol. The smallest absolute Gasteiger partial charge is 0.230 e. The number of nitrogens with one attached hydrogen (secondary N) is 2. The predicted octanol–water partition coefficient (Wildman–Crippen LogP) is 6.24. The first kappa shape index (κ1) is 29.3. The van der Waals surface area contributed by atoms with Gasteiger partial charge in [0.25, 0.3) is 0 Å². The van der Waals surface area contributed by atoms with Crippen molar-refractivity contribution >= 4 is 35.2 Å². The van der Waals surface area contributed by atoms with Crippen LogP contribution in [0.4, 0.5) is 11.6 Å². The molecule has 2 amide bonds. The third-order valence-corrected chi connectivity index (χ3v) is 6.64. The van der Waals surface area contributed by atoms with Crippen LogP contribution in [-0.2, 0) is 22.7 Å². The molecule has 2 N–H and O–H groups in total. The van der Waals surface area contributed by atoms with Crippen LogP contribution in [0.2, 0.25) is 0 Å². The molecule has 0 fully saturated rings. The number of carbonyl (C=O) groups is 2. The highest BCUT2D eigenvalue weighted by Gasteiger charge is 2.23. The molecule has 0 aliphatic rings. The van der Waals surface area contributed by atoms with Gasteiger partial charge in [-0.05, 0) is 36.4 Å². The highest BCUT2D eigenvalue weighted by atomic mass is 32.2. The SMILES string of the molecule is CC(C)(C)C(=O)Nc1cccc(CN(CCSc2ccccc2)Cc2cccc(NC(=O)C(C)(C)C)n2)n1. The van der Waals surface area contributed by atoms with Gasteiger partial charge in [0.2, 0.25) is 11.8 Å². The Morgan fingerprint density at radius 3 is 1.63 bits per heavy atom. The van der Waals surface area contributed by atoms with E-state index in [9.17, 15) is 9.59 Å². The number of aromatic nitrogens is 2. The Kier molecular flexibility index (Phi) is 10.1. The number of thioether (sulfide) groups is 1. The molecule has 0 radical (unpaired) electrons. The van der Waals surface area contributed by atoms with Crippen LogP contribution in [0.25, 0.3) is 0 Å². The molecule has 3 rings (SSSR count). The predicted molar refractivity (Wildman–Crippen MR) is 156 cm³/mol. The molecule has 0 atom stereocenters. The van der Waals surface area contributed by atoms with Gasteiger partial charge in [0.15, 0.2) is 0 Å². The Morgan fingerprint density at radius 1 is 0.711 bits per heavy atom. The Labute approximate surface area is 230 Å². The van der Waals surface area contributed by atoms with E-state index in [0.29, 0.717) is 24.7 Å². The second-order valence-electron chi connectivity index (χ2n) is 11.3. The van der Waals surface area contributed by atoms with Crippen LogP contribution < -0.4 is 10.6 Å². The van der Waals surface area contributed by atoms with Gasteiger partial charge in [-0.15, -0.1) is 11.8 Å². The number of pyridine rings is 2. The van der Waals surface area contributed by atoms with Crippen LogP contribution in [0, 0.1) is 10.8 Å². The number of hydrogen-bond acceptors (Lipinski definition) is 6. The van der Waals surface area contributed by atoms with Crippen LogP contribution in [0.5, 0.6) is 0 Å². The number of rotatable bonds is 10. The van der Waals surface area contributed by atoms with Crippen molar-refractivity contribution in [2.75, 3.05) is 22.9 Å². The normalized spacial score (nSPS) is 11.9. The van der Waals surface area contributed by atoms with Crippen LogP contribution in [0.15, 0.2) is 71.6 Å². The number of hydrogen-bond donors (Lipinski definition) is 2. The Morgan fingerprint density at radius 2 is 1.18 bits per heavy atom. The minimum atomic E-state index is -0.503. The number of carbonyl (C=O) groups excluding carboxylic acids is 2. The van der Waals surface area contributed by atoms with Crippen LogP contribution in [0.1, 0.15) is 52.9 Å². The highest BCUT2D eigenvalue weighted by Crippen LogP contribution is 2.21. The van der Waals surface area contributed by atoms with Crippen LogP contribution in [-0.4, -0.2) is 39.0 Å². The van der Waals surface area contributed by atoms with Gasteiger partial charge in [0.1, 0.15) is 11.6 Å². The lowest BCUT2D eigenvalue weighted by atomic mass is 9.96. The highest BCUT2D eigenvalue weighted by molar-refractivity contribution is 7.99. The lowest BCUT2D eigenvalue weighted by molar-refractivity contribution is -0.123. The minimum Gasteiger partial charge on any atom is -0.310 e. The third-order valence-electron chi connectivity index (χ3n) is 5.65. The first-order valence-electron chi connectivity index (χ1n) is 12.8. The van der Waals surface area contributed by atoms with Crippen molar-refractivity contribution in [2.45, 2.75) is 59.5 Å². The second kappa shape index (κ2) is 13.0. The summed E-state index contributed by atoms with van der Waals surface area (Å²) in [5.74, 6) is 1.84. The minimum absolute atomic E-state index is 0.0726. The molecule has 202 valence electrons. The molecule has 0 saturated heterocycles. The van der Waals surface area contributed by atoms with E-state index in [0.717, 1.165) is 23.7 Å². The van der Waals surface area contributed by atoms with E-state index in [4.69, 9.17) is 9.97 Å². The summed E-state index contributed by atoms with van der Waals surface area (Å²) in [6.45, 7) is 13.3. The van der Waals surface area contributed by atoms with Gasteiger partial charge in [0.05, 0.1) is 11.4 Å². The summed E-state index contributed by atoms with van der Waals surface area (Å²) in [7, 11) is 0. The molecule has 0 aliphatic heterocycles. The van der Waals surface area contributed by atoms with E-state index < -0.39 is 10.8 Å². The summed E-state index contributed by atoms with van der Waals surface area (Å²) in [4.78, 5) is 37.8. The standard InChI is InChI=1S/C30H39N5O2S/c1-29(2,3)27(36)33-25-16-10-12-22(31-25)20-35(18-19-38-24-14-8-7-9-15-24)21-23-13-11-17-26(32-23)34-28(37)30(4,5)6/h7-17H,18-21H2,1-6H3,(H,31,33,36)(H,32,34,37). The topological polar surface area (TPSA) is 87.2 Å². The van der Waals surface area contributed by atoms with Gasteiger partial charge in [-0.3, -0.25) is 14.5 Å². The molecular weight excluding hydrogens is 494 g/mol. The zero-order chi connectivity index (χ0) is 27.8. The van der Waals surface area contributed by atoms with E-state index in [1.54, 1.807) is 11.8 Å². The first-order chi connectivity index (χ1) is 17.9. The fourth-order valence-electron chi connectivity index (χ4n) is 3.36.